The Kier molecular flexibility index (Phi) is 4.94. The summed E-state index contributed by atoms with van der Waals surface area (Å²) in [5.41, 5.74) is 3.76. The van der Waals surface area contributed by atoms with E-state index in [1.54, 1.807) is 13.1 Å². The average molecular weight is 284 g/mol. The summed E-state index contributed by atoms with van der Waals surface area (Å²) in [5, 5.41) is 12.9. The van der Waals surface area contributed by atoms with E-state index in [1.807, 2.05) is 30.3 Å². The Morgan fingerprint density at radius 1 is 1.43 bits per heavy atom. The molecule has 1 N–H and O–H groups in total. The highest BCUT2D eigenvalue weighted by Crippen LogP contribution is 2.15. The number of aromatic nitrogens is 1. The number of oxazole rings is 1. The molecule has 1 heterocycles. The molecule has 1 aromatic heterocycles. The summed E-state index contributed by atoms with van der Waals surface area (Å²) in [6.07, 6.45) is 2.60. The van der Waals surface area contributed by atoms with Crippen LogP contribution >= 0.6 is 0 Å². The zero-order chi connectivity index (χ0) is 15.1. The van der Waals surface area contributed by atoms with Crippen molar-refractivity contribution >= 4 is 12.1 Å². The lowest BCUT2D eigenvalue weighted by atomic mass is 10.2. The zero-order valence-electron chi connectivity index (χ0n) is 12.0. The van der Waals surface area contributed by atoms with Gasteiger partial charge in [0.1, 0.15) is 11.8 Å². The SMILES string of the molecule is CCCOc1ccc(C=NNc2oc(C)nc2C#N)cc1. The minimum atomic E-state index is 0.188. The summed E-state index contributed by atoms with van der Waals surface area (Å²) < 4.78 is 10.7. The van der Waals surface area contributed by atoms with Crippen molar-refractivity contribution in [3.05, 3.63) is 41.4 Å². The molecule has 0 saturated carbocycles. The van der Waals surface area contributed by atoms with Crippen molar-refractivity contribution in [3.8, 4) is 11.8 Å². The summed E-state index contributed by atoms with van der Waals surface area (Å²) >= 11 is 0. The molecule has 0 radical (unpaired) electrons. The number of hydrazone groups is 1. The van der Waals surface area contributed by atoms with E-state index in [9.17, 15) is 0 Å². The molecule has 6 nitrogen and oxygen atoms in total. The summed E-state index contributed by atoms with van der Waals surface area (Å²) in [4.78, 5) is 3.91. The first-order valence-corrected chi connectivity index (χ1v) is 6.62. The number of hydrogen-bond acceptors (Lipinski definition) is 6. The lowest BCUT2D eigenvalue weighted by Gasteiger charge is -2.03. The van der Waals surface area contributed by atoms with Crippen molar-refractivity contribution in [2.45, 2.75) is 20.3 Å². The lowest BCUT2D eigenvalue weighted by Crippen LogP contribution is -1.95. The first kappa shape index (κ1) is 14.6. The summed E-state index contributed by atoms with van der Waals surface area (Å²) in [6.45, 7) is 4.44. The molecular weight excluding hydrogens is 268 g/mol. The summed E-state index contributed by atoms with van der Waals surface area (Å²) in [6, 6.07) is 9.50. The number of rotatable bonds is 6. The minimum Gasteiger partial charge on any atom is -0.494 e. The van der Waals surface area contributed by atoms with Crippen LogP contribution in [0.1, 0.15) is 30.5 Å². The van der Waals surface area contributed by atoms with Gasteiger partial charge in [0.15, 0.2) is 5.89 Å². The van der Waals surface area contributed by atoms with Crippen LogP contribution in [0.25, 0.3) is 0 Å². The van der Waals surface area contributed by atoms with Crippen LogP contribution in [0, 0.1) is 18.3 Å². The molecule has 0 aliphatic rings. The fourth-order valence-electron chi connectivity index (χ4n) is 1.61. The van der Waals surface area contributed by atoms with Crippen molar-refractivity contribution in [1.29, 1.82) is 5.26 Å². The van der Waals surface area contributed by atoms with Crippen LogP contribution in [0.5, 0.6) is 5.75 Å². The van der Waals surface area contributed by atoms with Gasteiger partial charge < -0.3 is 9.15 Å². The molecule has 0 bridgehead atoms. The van der Waals surface area contributed by atoms with Crippen LogP contribution in [0.3, 0.4) is 0 Å². The van der Waals surface area contributed by atoms with Gasteiger partial charge in [-0.2, -0.15) is 10.4 Å². The Hall–Kier alpha value is -2.81. The summed E-state index contributed by atoms with van der Waals surface area (Å²) in [5.74, 6) is 1.50. The van der Waals surface area contributed by atoms with E-state index in [4.69, 9.17) is 14.4 Å². The molecule has 0 spiro atoms. The maximum atomic E-state index is 8.87. The van der Waals surface area contributed by atoms with Gasteiger partial charge in [-0.3, -0.25) is 0 Å². The second kappa shape index (κ2) is 7.10. The predicted molar refractivity (Wildman–Crippen MR) is 79.4 cm³/mol. The van der Waals surface area contributed by atoms with Gasteiger partial charge in [0, 0.05) is 6.92 Å². The lowest BCUT2D eigenvalue weighted by molar-refractivity contribution is 0.317. The Morgan fingerprint density at radius 3 is 2.86 bits per heavy atom. The number of hydrogen-bond donors (Lipinski definition) is 1. The van der Waals surface area contributed by atoms with Gasteiger partial charge in [0.2, 0.25) is 5.69 Å². The van der Waals surface area contributed by atoms with Crippen LogP contribution in [0.4, 0.5) is 5.88 Å². The maximum Gasteiger partial charge on any atom is 0.252 e. The molecule has 6 heteroatoms. The molecule has 108 valence electrons. The van der Waals surface area contributed by atoms with Crippen molar-refractivity contribution in [1.82, 2.24) is 4.98 Å². The number of anilines is 1. The third kappa shape index (κ3) is 4.08. The minimum absolute atomic E-state index is 0.188. The maximum absolute atomic E-state index is 8.87. The van der Waals surface area contributed by atoms with E-state index < -0.39 is 0 Å². The van der Waals surface area contributed by atoms with Crippen LogP contribution < -0.4 is 10.2 Å². The van der Waals surface area contributed by atoms with Crippen molar-refractivity contribution in [2.24, 2.45) is 5.10 Å². The summed E-state index contributed by atoms with van der Waals surface area (Å²) in [7, 11) is 0. The van der Waals surface area contributed by atoms with E-state index in [0.29, 0.717) is 12.5 Å². The van der Waals surface area contributed by atoms with Gasteiger partial charge in [-0.05, 0) is 36.2 Å². The molecule has 21 heavy (non-hydrogen) atoms. The van der Waals surface area contributed by atoms with E-state index in [1.165, 1.54) is 0 Å². The topological polar surface area (TPSA) is 83.4 Å². The van der Waals surface area contributed by atoms with E-state index in [0.717, 1.165) is 17.7 Å². The van der Waals surface area contributed by atoms with Gasteiger partial charge in [-0.15, -0.1) is 0 Å². The highest BCUT2D eigenvalue weighted by atomic mass is 16.5. The molecule has 1 aromatic carbocycles. The quantitative estimate of drug-likeness (QED) is 0.651. The van der Waals surface area contributed by atoms with Crippen molar-refractivity contribution in [3.63, 3.8) is 0 Å². The van der Waals surface area contributed by atoms with Crippen LogP contribution in [0.15, 0.2) is 33.8 Å². The first-order chi connectivity index (χ1) is 10.2. The van der Waals surface area contributed by atoms with Gasteiger partial charge in [0.25, 0.3) is 5.88 Å². The molecule has 2 aromatic rings. The van der Waals surface area contributed by atoms with E-state index in [2.05, 4.69) is 22.4 Å². The standard InChI is InChI=1S/C15H16N4O2/c1-3-8-20-13-6-4-12(5-7-13)10-17-19-15-14(9-16)18-11(2)21-15/h4-7,10,19H,3,8H2,1-2H3. The number of nitriles is 1. The highest BCUT2D eigenvalue weighted by molar-refractivity contribution is 5.80. The molecule has 0 aliphatic heterocycles. The largest absolute Gasteiger partial charge is 0.494 e. The number of ether oxygens (including phenoxy) is 1. The Labute approximate surface area is 123 Å². The number of benzene rings is 1. The first-order valence-electron chi connectivity index (χ1n) is 6.62. The second-order valence-electron chi connectivity index (χ2n) is 4.31. The Bertz CT molecular complexity index is 653. The number of nitrogens with one attached hydrogen (secondary N) is 1. The molecule has 0 amide bonds. The van der Waals surface area contributed by atoms with Gasteiger partial charge in [-0.1, -0.05) is 6.92 Å². The number of nitrogens with zero attached hydrogens (tertiary/aromatic N) is 3. The van der Waals surface area contributed by atoms with Crippen molar-refractivity contribution in [2.75, 3.05) is 12.0 Å². The fraction of sp³-hybridized carbons (Fsp3) is 0.267. The molecule has 0 aliphatic carbocycles. The third-order valence-electron chi connectivity index (χ3n) is 2.57. The molecule has 0 atom stereocenters. The Balaban J connectivity index is 1.96. The van der Waals surface area contributed by atoms with E-state index in [-0.39, 0.29) is 11.6 Å². The van der Waals surface area contributed by atoms with Gasteiger partial charge in [-0.25, -0.2) is 10.4 Å². The predicted octanol–water partition coefficient (Wildman–Crippen LogP) is 3.09. The van der Waals surface area contributed by atoms with Crippen LogP contribution in [0.2, 0.25) is 0 Å². The molecule has 0 saturated heterocycles. The highest BCUT2D eigenvalue weighted by Gasteiger charge is 2.08. The molecular formula is C15H16N4O2. The van der Waals surface area contributed by atoms with Gasteiger partial charge in [0.05, 0.1) is 12.8 Å². The van der Waals surface area contributed by atoms with Gasteiger partial charge >= 0.3 is 0 Å². The fourth-order valence-corrected chi connectivity index (χ4v) is 1.61. The molecule has 0 unspecified atom stereocenters. The normalized spacial score (nSPS) is 10.5. The average Bonchev–Trinajstić information content (AvgIpc) is 2.86. The number of aryl methyl sites for hydroxylation is 1. The van der Waals surface area contributed by atoms with E-state index >= 15 is 0 Å². The molecule has 2 rings (SSSR count). The third-order valence-corrected chi connectivity index (χ3v) is 2.57. The second-order valence-corrected chi connectivity index (χ2v) is 4.31. The smallest absolute Gasteiger partial charge is 0.252 e. The monoisotopic (exact) mass is 284 g/mol. The van der Waals surface area contributed by atoms with Crippen LogP contribution in [-0.2, 0) is 0 Å². The zero-order valence-corrected chi connectivity index (χ0v) is 12.0. The Morgan fingerprint density at radius 2 is 2.19 bits per heavy atom. The molecule has 0 fully saturated rings. The van der Waals surface area contributed by atoms with Crippen molar-refractivity contribution < 1.29 is 9.15 Å². The van der Waals surface area contributed by atoms with Crippen LogP contribution in [-0.4, -0.2) is 17.8 Å².